The van der Waals surface area contributed by atoms with Crippen LogP contribution < -0.4 is 10.6 Å². The van der Waals surface area contributed by atoms with E-state index in [1.165, 1.54) is 0 Å². The number of morpholine rings is 1. The lowest BCUT2D eigenvalue weighted by atomic mass is 10.3. The third-order valence-corrected chi connectivity index (χ3v) is 4.69. The van der Waals surface area contributed by atoms with Crippen LogP contribution in [0.3, 0.4) is 0 Å². The number of aromatic nitrogens is 2. The molecular formula is C19H27N5O3. The summed E-state index contributed by atoms with van der Waals surface area (Å²) in [6.07, 6.45) is 3.64. The van der Waals surface area contributed by atoms with E-state index in [-0.39, 0.29) is 11.8 Å². The van der Waals surface area contributed by atoms with Crippen molar-refractivity contribution in [1.29, 1.82) is 0 Å². The Hall–Kier alpha value is -2.58. The fourth-order valence-electron chi connectivity index (χ4n) is 3.25. The molecule has 1 aliphatic rings. The van der Waals surface area contributed by atoms with Gasteiger partial charge in [0.05, 0.1) is 18.9 Å². The normalized spacial score (nSPS) is 14.9. The predicted molar refractivity (Wildman–Crippen MR) is 103 cm³/mol. The van der Waals surface area contributed by atoms with Crippen LogP contribution in [0.1, 0.15) is 26.5 Å². The third-order valence-electron chi connectivity index (χ3n) is 4.69. The molecule has 3 heterocycles. The molecule has 2 amide bonds. The minimum atomic E-state index is -0.199. The molecule has 27 heavy (non-hydrogen) atoms. The van der Waals surface area contributed by atoms with E-state index < -0.39 is 0 Å². The van der Waals surface area contributed by atoms with Crippen molar-refractivity contribution in [2.75, 3.05) is 44.7 Å². The van der Waals surface area contributed by atoms with Crippen LogP contribution in [-0.2, 0) is 18.8 Å². The first-order valence-electron chi connectivity index (χ1n) is 9.13. The molecule has 0 spiro atoms. The number of anilines is 1. The van der Waals surface area contributed by atoms with Crippen LogP contribution in [0.25, 0.3) is 0 Å². The van der Waals surface area contributed by atoms with E-state index in [0.29, 0.717) is 23.6 Å². The van der Waals surface area contributed by atoms with E-state index in [9.17, 15) is 9.59 Å². The molecule has 0 atom stereocenters. The molecule has 2 N–H and O–H groups in total. The number of aryl methyl sites for hydroxylation is 3. The van der Waals surface area contributed by atoms with E-state index in [1.54, 1.807) is 28.4 Å². The summed E-state index contributed by atoms with van der Waals surface area (Å²) in [5.41, 5.74) is 2.71. The van der Waals surface area contributed by atoms with Gasteiger partial charge < -0.3 is 24.5 Å². The molecule has 2 aromatic rings. The SMILES string of the molecule is Cc1cc(C(=O)Nc2cc(C(=O)NCCN3CCOCC3)n(C)c2)n(C)c1. The number of amides is 2. The minimum Gasteiger partial charge on any atom is -0.379 e. The third kappa shape index (κ3) is 4.78. The van der Waals surface area contributed by atoms with Crippen molar-refractivity contribution in [3.8, 4) is 0 Å². The first kappa shape index (κ1) is 19.2. The number of carbonyl (C=O) groups is 2. The second-order valence-corrected chi connectivity index (χ2v) is 6.90. The number of rotatable bonds is 6. The molecule has 8 nitrogen and oxygen atoms in total. The maximum Gasteiger partial charge on any atom is 0.272 e. The lowest BCUT2D eigenvalue weighted by Crippen LogP contribution is -2.41. The van der Waals surface area contributed by atoms with Gasteiger partial charge in [0.2, 0.25) is 0 Å². The van der Waals surface area contributed by atoms with Crippen LogP contribution in [-0.4, -0.2) is 65.2 Å². The van der Waals surface area contributed by atoms with Gasteiger partial charge in [0.25, 0.3) is 11.8 Å². The van der Waals surface area contributed by atoms with Crippen molar-refractivity contribution in [2.45, 2.75) is 6.92 Å². The van der Waals surface area contributed by atoms with Gasteiger partial charge in [0.15, 0.2) is 0 Å². The highest BCUT2D eigenvalue weighted by atomic mass is 16.5. The number of nitrogens with one attached hydrogen (secondary N) is 2. The van der Waals surface area contributed by atoms with Gasteiger partial charge in [-0.1, -0.05) is 0 Å². The number of hydrogen-bond acceptors (Lipinski definition) is 4. The first-order valence-corrected chi connectivity index (χ1v) is 9.13. The Morgan fingerprint density at radius 1 is 1.04 bits per heavy atom. The number of carbonyl (C=O) groups excluding carboxylic acids is 2. The van der Waals surface area contributed by atoms with Gasteiger partial charge in [-0.3, -0.25) is 14.5 Å². The second kappa shape index (κ2) is 8.41. The monoisotopic (exact) mass is 373 g/mol. The Kier molecular flexibility index (Phi) is 5.98. The summed E-state index contributed by atoms with van der Waals surface area (Å²) in [5.74, 6) is -0.351. The summed E-state index contributed by atoms with van der Waals surface area (Å²) in [7, 11) is 3.62. The highest BCUT2D eigenvalue weighted by Gasteiger charge is 2.16. The molecule has 0 bridgehead atoms. The molecule has 1 saturated heterocycles. The minimum absolute atomic E-state index is 0.152. The summed E-state index contributed by atoms with van der Waals surface area (Å²) in [6, 6.07) is 3.52. The number of ether oxygens (including phenoxy) is 1. The molecular weight excluding hydrogens is 346 g/mol. The summed E-state index contributed by atoms with van der Waals surface area (Å²) in [5, 5.41) is 5.79. The van der Waals surface area contributed by atoms with Gasteiger partial charge in [-0.05, 0) is 24.6 Å². The zero-order chi connectivity index (χ0) is 19.4. The zero-order valence-electron chi connectivity index (χ0n) is 16.1. The average molecular weight is 373 g/mol. The van der Waals surface area contributed by atoms with Crippen molar-refractivity contribution in [1.82, 2.24) is 19.4 Å². The van der Waals surface area contributed by atoms with Gasteiger partial charge in [-0.2, -0.15) is 0 Å². The topological polar surface area (TPSA) is 80.5 Å². The van der Waals surface area contributed by atoms with Crippen LogP contribution in [0.4, 0.5) is 5.69 Å². The molecule has 0 radical (unpaired) electrons. The maximum absolute atomic E-state index is 12.4. The molecule has 1 aliphatic heterocycles. The van der Waals surface area contributed by atoms with E-state index in [0.717, 1.165) is 38.4 Å². The molecule has 2 aromatic heterocycles. The van der Waals surface area contributed by atoms with E-state index >= 15 is 0 Å². The van der Waals surface area contributed by atoms with Crippen LogP contribution >= 0.6 is 0 Å². The lowest BCUT2D eigenvalue weighted by Gasteiger charge is -2.26. The second-order valence-electron chi connectivity index (χ2n) is 6.90. The zero-order valence-corrected chi connectivity index (χ0v) is 16.1. The molecule has 0 saturated carbocycles. The Morgan fingerprint density at radius 2 is 1.70 bits per heavy atom. The van der Waals surface area contributed by atoms with Crippen molar-refractivity contribution >= 4 is 17.5 Å². The standard InChI is InChI=1S/C19H27N5O3/c1-14-10-16(22(2)12-14)19(26)21-15-11-17(23(3)13-15)18(25)20-4-5-24-6-8-27-9-7-24/h10-13H,4-9H2,1-3H3,(H,20,25)(H,21,26). The molecule has 8 heteroatoms. The van der Waals surface area contributed by atoms with Gasteiger partial charge in [0, 0.05) is 52.7 Å². The van der Waals surface area contributed by atoms with Gasteiger partial charge in [-0.15, -0.1) is 0 Å². The average Bonchev–Trinajstić information content (AvgIpc) is 3.17. The van der Waals surface area contributed by atoms with Crippen LogP contribution in [0.15, 0.2) is 24.5 Å². The largest absolute Gasteiger partial charge is 0.379 e. The fraction of sp³-hybridized carbons (Fsp3) is 0.474. The maximum atomic E-state index is 12.4. The van der Waals surface area contributed by atoms with Gasteiger partial charge in [-0.25, -0.2) is 0 Å². The van der Waals surface area contributed by atoms with Gasteiger partial charge in [0.1, 0.15) is 11.4 Å². The summed E-state index contributed by atoms with van der Waals surface area (Å²) in [4.78, 5) is 27.1. The van der Waals surface area contributed by atoms with Crippen LogP contribution in [0.2, 0.25) is 0 Å². The molecule has 146 valence electrons. The quantitative estimate of drug-likeness (QED) is 0.791. The van der Waals surface area contributed by atoms with Gasteiger partial charge >= 0.3 is 0 Å². The van der Waals surface area contributed by atoms with E-state index in [2.05, 4.69) is 15.5 Å². The van der Waals surface area contributed by atoms with Crippen molar-refractivity contribution in [3.63, 3.8) is 0 Å². The Morgan fingerprint density at radius 3 is 2.37 bits per heavy atom. The fourth-order valence-corrected chi connectivity index (χ4v) is 3.25. The predicted octanol–water partition coefficient (Wildman–Crippen LogP) is 0.986. The molecule has 0 aromatic carbocycles. The first-order chi connectivity index (χ1) is 12.9. The highest BCUT2D eigenvalue weighted by Crippen LogP contribution is 2.15. The summed E-state index contributed by atoms with van der Waals surface area (Å²) in [6.45, 7) is 6.61. The summed E-state index contributed by atoms with van der Waals surface area (Å²) >= 11 is 0. The van der Waals surface area contributed by atoms with Crippen molar-refractivity contribution in [3.05, 3.63) is 41.5 Å². The molecule has 1 fully saturated rings. The summed E-state index contributed by atoms with van der Waals surface area (Å²) < 4.78 is 8.82. The van der Waals surface area contributed by atoms with Crippen molar-refractivity contribution < 1.29 is 14.3 Å². The van der Waals surface area contributed by atoms with Crippen LogP contribution in [0.5, 0.6) is 0 Å². The molecule has 3 rings (SSSR count). The molecule has 0 unspecified atom stereocenters. The van der Waals surface area contributed by atoms with Crippen LogP contribution in [0, 0.1) is 6.92 Å². The smallest absolute Gasteiger partial charge is 0.272 e. The lowest BCUT2D eigenvalue weighted by molar-refractivity contribution is 0.0383. The number of nitrogens with zero attached hydrogens (tertiary/aromatic N) is 3. The van der Waals surface area contributed by atoms with Crippen molar-refractivity contribution in [2.24, 2.45) is 14.1 Å². The Labute approximate surface area is 159 Å². The van der Waals surface area contributed by atoms with E-state index in [4.69, 9.17) is 4.74 Å². The highest BCUT2D eigenvalue weighted by molar-refractivity contribution is 6.04. The number of hydrogen-bond donors (Lipinski definition) is 2. The Balaban J connectivity index is 1.56. The Bertz CT molecular complexity index is 817. The molecule has 0 aliphatic carbocycles. The van der Waals surface area contributed by atoms with E-state index in [1.807, 2.05) is 26.2 Å².